The number of nitrogens with two attached hydrogens (primary N) is 3. The predicted octanol–water partition coefficient (Wildman–Crippen LogP) is -1.43. The molecule has 14 nitrogen and oxygen atoms in total. The number of carbonyl (C=O) groups excluding carboxylic acids is 3. The summed E-state index contributed by atoms with van der Waals surface area (Å²) >= 11 is 1.42. The van der Waals surface area contributed by atoms with Crippen molar-refractivity contribution in [3.05, 3.63) is 0 Å². The number of carboxylic acids is 2. The summed E-state index contributed by atoms with van der Waals surface area (Å²) in [5.41, 5.74) is 16.5. The Morgan fingerprint density at radius 1 is 0.919 bits per heavy atom. The number of rotatable bonds is 19. The zero-order valence-electron chi connectivity index (χ0n) is 21.6. The minimum absolute atomic E-state index is 0.0665. The van der Waals surface area contributed by atoms with Gasteiger partial charge >= 0.3 is 11.9 Å². The van der Waals surface area contributed by atoms with Gasteiger partial charge in [-0.1, -0.05) is 20.3 Å². The second-order valence-corrected chi connectivity index (χ2v) is 9.59. The van der Waals surface area contributed by atoms with Gasteiger partial charge in [-0.2, -0.15) is 11.8 Å². The Labute approximate surface area is 220 Å². The fraction of sp³-hybridized carbons (Fsp3) is 0.727. The molecule has 3 amide bonds. The van der Waals surface area contributed by atoms with Crippen molar-refractivity contribution in [2.45, 2.75) is 76.5 Å². The van der Waals surface area contributed by atoms with Crippen molar-refractivity contribution in [3.8, 4) is 0 Å². The molecule has 0 aliphatic heterocycles. The zero-order chi connectivity index (χ0) is 28.5. The van der Waals surface area contributed by atoms with Crippen molar-refractivity contribution in [3.63, 3.8) is 0 Å². The summed E-state index contributed by atoms with van der Waals surface area (Å²) in [6, 6.07) is -4.43. The number of thioether (sulfide) groups is 1. The number of hydrogen-bond acceptors (Lipinski definition) is 8. The molecule has 0 bridgehead atoms. The Bertz CT molecular complexity index is 808. The van der Waals surface area contributed by atoms with Crippen molar-refractivity contribution in [2.24, 2.45) is 28.1 Å². The zero-order valence-corrected chi connectivity index (χ0v) is 22.4. The first kappa shape index (κ1) is 33.9. The summed E-state index contributed by atoms with van der Waals surface area (Å²) in [6.45, 7) is 3.90. The molecular weight excluding hydrogens is 506 g/mol. The summed E-state index contributed by atoms with van der Waals surface area (Å²) in [4.78, 5) is 64.8. The lowest BCUT2D eigenvalue weighted by Gasteiger charge is -2.28. The van der Waals surface area contributed by atoms with E-state index in [1.54, 1.807) is 13.2 Å². The molecule has 0 aromatic heterocycles. The third-order valence-electron chi connectivity index (χ3n) is 5.60. The van der Waals surface area contributed by atoms with Crippen LogP contribution < -0.4 is 33.2 Å². The first-order chi connectivity index (χ1) is 17.3. The molecule has 5 unspecified atom stereocenters. The lowest BCUT2D eigenvalue weighted by atomic mass is 9.97. The van der Waals surface area contributed by atoms with Gasteiger partial charge in [0.15, 0.2) is 5.96 Å². The van der Waals surface area contributed by atoms with Gasteiger partial charge < -0.3 is 43.4 Å². The second-order valence-electron chi connectivity index (χ2n) is 8.60. The van der Waals surface area contributed by atoms with Gasteiger partial charge in [0, 0.05) is 13.0 Å². The Morgan fingerprint density at radius 3 is 2.05 bits per heavy atom. The van der Waals surface area contributed by atoms with Gasteiger partial charge in [-0.05, 0) is 43.6 Å². The largest absolute Gasteiger partial charge is 0.481 e. The average molecular weight is 548 g/mol. The summed E-state index contributed by atoms with van der Waals surface area (Å²) < 4.78 is 0. The van der Waals surface area contributed by atoms with Crippen molar-refractivity contribution < 1.29 is 34.2 Å². The maximum Gasteiger partial charge on any atom is 0.326 e. The minimum Gasteiger partial charge on any atom is -0.481 e. The summed E-state index contributed by atoms with van der Waals surface area (Å²) in [6.07, 6.45) is 2.50. The number of carboxylic acid groups (broad SMARTS) is 2. The molecule has 0 fully saturated rings. The van der Waals surface area contributed by atoms with Crippen LogP contribution in [0.15, 0.2) is 4.99 Å². The molecule has 212 valence electrons. The molecule has 0 aliphatic carbocycles. The SMILES string of the molecule is CCC(C)C(NC(=O)C(N)CCCN=C(N)N)C(=O)NC(CCSC)C(=O)NC(CCC(=O)O)C(=O)O. The Kier molecular flexibility index (Phi) is 16.7. The van der Waals surface area contributed by atoms with Crippen LogP contribution in [0.4, 0.5) is 0 Å². The van der Waals surface area contributed by atoms with Crippen molar-refractivity contribution in [1.29, 1.82) is 0 Å². The molecule has 0 aromatic carbocycles. The van der Waals surface area contributed by atoms with E-state index < -0.39 is 60.2 Å². The van der Waals surface area contributed by atoms with Crippen LogP contribution in [0.2, 0.25) is 0 Å². The molecule has 0 rings (SSSR count). The molecule has 0 heterocycles. The third-order valence-corrected chi connectivity index (χ3v) is 6.25. The van der Waals surface area contributed by atoms with E-state index in [2.05, 4.69) is 20.9 Å². The van der Waals surface area contributed by atoms with E-state index in [4.69, 9.17) is 22.3 Å². The molecule has 11 N–H and O–H groups in total. The van der Waals surface area contributed by atoms with Crippen LogP contribution in [0, 0.1) is 5.92 Å². The van der Waals surface area contributed by atoms with Crippen LogP contribution in [0.3, 0.4) is 0 Å². The van der Waals surface area contributed by atoms with Gasteiger partial charge in [0.25, 0.3) is 0 Å². The van der Waals surface area contributed by atoms with E-state index in [-0.39, 0.29) is 31.1 Å². The number of nitrogens with zero attached hydrogens (tertiary/aromatic N) is 1. The molecule has 5 atom stereocenters. The first-order valence-electron chi connectivity index (χ1n) is 12.0. The monoisotopic (exact) mass is 547 g/mol. The minimum atomic E-state index is -1.43. The second kappa shape index (κ2) is 18.2. The Morgan fingerprint density at radius 2 is 1.54 bits per heavy atom. The van der Waals surface area contributed by atoms with Crippen LogP contribution >= 0.6 is 11.8 Å². The number of aliphatic carboxylic acids is 2. The molecule has 0 radical (unpaired) electrons. The summed E-state index contributed by atoms with van der Waals surface area (Å²) in [5, 5.41) is 25.7. The van der Waals surface area contributed by atoms with E-state index >= 15 is 0 Å². The molecule has 0 aliphatic rings. The van der Waals surface area contributed by atoms with Gasteiger partial charge in [0.1, 0.15) is 18.1 Å². The smallest absolute Gasteiger partial charge is 0.326 e. The highest BCUT2D eigenvalue weighted by atomic mass is 32.2. The number of hydrogen-bond donors (Lipinski definition) is 8. The summed E-state index contributed by atoms with van der Waals surface area (Å²) in [5.74, 6) is -4.40. The van der Waals surface area contributed by atoms with Gasteiger partial charge in [-0.15, -0.1) is 0 Å². The van der Waals surface area contributed by atoms with E-state index in [0.717, 1.165) is 0 Å². The molecule has 15 heteroatoms. The first-order valence-corrected chi connectivity index (χ1v) is 13.4. The van der Waals surface area contributed by atoms with E-state index in [9.17, 15) is 29.1 Å². The number of amides is 3. The van der Waals surface area contributed by atoms with Crippen LogP contribution in [0.1, 0.15) is 52.4 Å². The average Bonchev–Trinajstić information content (AvgIpc) is 2.83. The quantitative estimate of drug-likeness (QED) is 0.0528. The molecular formula is C22H41N7O7S. The van der Waals surface area contributed by atoms with Crippen LogP contribution in [0.25, 0.3) is 0 Å². The molecule has 0 saturated heterocycles. The fourth-order valence-electron chi connectivity index (χ4n) is 3.18. The highest BCUT2D eigenvalue weighted by molar-refractivity contribution is 7.98. The predicted molar refractivity (Wildman–Crippen MR) is 141 cm³/mol. The number of carbonyl (C=O) groups is 5. The van der Waals surface area contributed by atoms with E-state index in [0.29, 0.717) is 25.1 Å². The Hall–Kier alpha value is -3.07. The maximum atomic E-state index is 13.2. The highest BCUT2D eigenvalue weighted by Crippen LogP contribution is 2.11. The normalized spacial score (nSPS) is 14.8. The molecule has 37 heavy (non-hydrogen) atoms. The van der Waals surface area contributed by atoms with Crippen molar-refractivity contribution >= 4 is 47.4 Å². The van der Waals surface area contributed by atoms with Crippen molar-refractivity contribution in [1.82, 2.24) is 16.0 Å². The molecule has 0 spiro atoms. The van der Waals surface area contributed by atoms with E-state index in [1.807, 2.05) is 6.92 Å². The molecule has 0 aromatic rings. The Balaban J connectivity index is 5.43. The topological polar surface area (TPSA) is 252 Å². The van der Waals surface area contributed by atoms with Gasteiger partial charge in [-0.3, -0.25) is 24.2 Å². The highest BCUT2D eigenvalue weighted by Gasteiger charge is 2.32. The molecule has 0 saturated carbocycles. The number of guanidine groups is 1. The van der Waals surface area contributed by atoms with Gasteiger partial charge in [-0.25, -0.2) is 4.79 Å². The van der Waals surface area contributed by atoms with Crippen molar-refractivity contribution in [2.75, 3.05) is 18.6 Å². The van der Waals surface area contributed by atoms with Gasteiger partial charge in [0.05, 0.1) is 6.04 Å². The van der Waals surface area contributed by atoms with Crippen LogP contribution in [-0.4, -0.2) is 88.6 Å². The van der Waals surface area contributed by atoms with Gasteiger partial charge in [0.2, 0.25) is 17.7 Å². The lowest BCUT2D eigenvalue weighted by molar-refractivity contribution is -0.143. The number of nitrogens with one attached hydrogen (secondary N) is 3. The third kappa shape index (κ3) is 14.3. The van der Waals surface area contributed by atoms with Crippen LogP contribution in [-0.2, 0) is 24.0 Å². The summed E-state index contributed by atoms with van der Waals surface area (Å²) in [7, 11) is 0. The lowest BCUT2D eigenvalue weighted by Crippen LogP contribution is -2.58. The fourth-order valence-corrected chi connectivity index (χ4v) is 3.65. The van der Waals surface area contributed by atoms with E-state index in [1.165, 1.54) is 11.8 Å². The standard InChI is InChI=1S/C22H41N7O7S/c1-4-12(2)17(29-18(32)13(23)6-5-10-26-22(24)25)20(34)27-14(9-11-37-3)19(33)28-15(21(35)36)7-8-16(30)31/h12-15,17H,4-11,23H2,1-3H3,(H,27,34)(H,28,33)(H,29,32)(H,30,31)(H,35,36)(H4,24,25,26). The van der Waals surface area contributed by atoms with Crippen LogP contribution in [0.5, 0.6) is 0 Å². The number of aliphatic imine (C=N–C) groups is 1. The maximum absolute atomic E-state index is 13.2.